The summed E-state index contributed by atoms with van der Waals surface area (Å²) in [5.74, 6) is -7.36. The molecule has 1 saturated carbocycles. The second-order valence-electron chi connectivity index (χ2n) is 17.9. The Hall–Kier alpha value is -3.03. The van der Waals surface area contributed by atoms with E-state index in [1.807, 2.05) is 53.7 Å². The molecular weight excluding hydrogens is 741 g/mol. The Balaban J connectivity index is 1.76. The molecule has 0 aromatic heterocycles. The molecule has 58 heavy (non-hydrogen) atoms. The zero-order chi connectivity index (χ0) is 43.1. The monoisotopic (exact) mass is 813 g/mol. The fourth-order valence-corrected chi connectivity index (χ4v) is 9.82. The number of piperidine rings is 1. The summed E-state index contributed by atoms with van der Waals surface area (Å²) in [7, 11) is 3.09. The van der Waals surface area contributed by atoms with E-state index in [-0.39, 0.29) is 61.2 Å². The number of hydrogen-bond acceptors (Lipinski definition) is 11. The minimum atomic E-state index is -2.49. The van der Waals surface area contributed by atoms with E-state index in [1.54, 1.807) is 21.1 Å². The van der Waals surface area contributed by atoms with Crippen LogP contribution in [-0.4, -0.2) is 102 Å². The van der Waals surface area contributed by atoms with Gasteiger partial charge < -0.3 is 34.7 Å². The molecule has 0 aromatic carbocycles. The van der Waals surface area contributed by atoms with E-state index in [2.05, 4.69) is 13.0 Å². The van der Waals surface area contributed by atoms with Gasteiger partial charge in [0.1, 0.15) is 29.8 Å². The number of aliphatic hydroxyl groups is 1. The summed E-state index contributed by atoms with van der Waals surface area (Å²) < 4.78 is 24.4. The Kier molecular flexibility index (Phi) is 17.2. The molecule has 4 rings (SSSR count). The summed E-state index contributed by atoms with van der Waals surface area (Å²) in [5.41, 5.74) is 9.10. The predicted molar refractivity (Wildman–Crippen MR) is 221 cm³/mol. The number of hydrogen-bond donors (Lipinski definition) is 2. The average Bonchev–Trinajstić information content (AvgIpc) is 3.20. The van der Waals surface area contributed by atoms with Crippen LogP contribution in [0.2, 0.25) is 0 Å². The molecule has 4 aliphatic rings. The van der Waals surface area contributed by atoms with Gasteiger partial charge in [-0.3, -0.25) is 19.2 Å². The number of nitrogens with two attached hydrogens (primary N) is 1. The minimum Gasteiger partial charge on any atom is -0.456 e. The van der Waals surface area contributed by atoms with E-state index in [4.69, 9.17) is 24.7 Å². The van der Waals surface area contributed by atoms with Crippen LogP contribution in [0.4, 0.5) is 0 Å². The van der Waals surface area contributed by atoms with E-state index in [9.17, 15) is 29.1 Å². The summed E-state index contributed by atoms with van der Waals surface area (Å²) >= 11 is 0. The van der Waals surface area contributed by atoms with Gasteiger partial charge in [-0.25, -0.2) is 4.79 Å². The van der Waals surface area contributed by atoms with Crippen LogP contribution in [0, 0.1) is 35.5 Å². The standard InChI is InChI=1S/C46H72N2O10/c1-11-28(5)39-34(47)18-17-33(40(39)50)24-30(7)41-29(6)16-19-36(49)32(12-2)22-26(3)21-27(4)23-37(55-9)42-38(56-10)25-31(8)46(54,58-42)43(51)44(52)48-20-14-13-15-35(48)45(53)57-41/h11,22,24,27,29,31-35,37-39,41-42,54H,12-21,23,25,47H2,1-10H3/b26-22+,28-11?,30-24?. The number of carbonyl (C=O) groups excluding carboxylic acids is 5. The number of methoxy groups -OCH3 is 2. The van der Waals surface area contributed by atoms with Gasteiger partial charge in [0.05, 0.1) is 18.1 Å². The lowest BCUT2D eigenvalue weighted by molar-refractivity contribution is -0.302. The van der Waals surface area contributed by atoms with Crippen molar-refractivity contribution in [2.75, 3.05) is 20.8 Å². The molecule has 326 valence electrons. The van der Waals surface area contributed by atoms with E-state index in [0.29, 0.717) is 56.9 Å². The molecule has 2 saturated heterocycles. The topological polar surface area (TPSA) is 172 Å². The van der Waals surface area contributed by atoms with Crippen molar-refractivity contribution in [2.45, 2.75) is 168 Å². The number of nitrogens with zero attached hydrogens (tertiary/aromatic N) is 1. The highest BCUT2D eigenvalue weighted by atomic mass is 16.7. The third kappa shape index (κ3) is 10.8. The van der Waals surface area contributed by atoms with Crippen molar-refractivity contribution in [3.8, 4) is 0 Å². The quantitative estimate of drug-likeness (QED) is 0.177. The summed E-state index contributed by atoms with van der Waals surface area (Å²) in [6, 6.07) is -1.36. The van der Waals surface area contributed by atoms with Crippen molar-refractivity contribution in [1.29, 1.82) is 0 Å². The van der Waals surface area contributed by atoms with E-state index < -0.39 is 71.7 Å². The number of rotatable bonds is 6. The van der Waals surface area contributed by atoms with Crippen molar-refractivity contribution < 1.29 is 48.0 Å². The first kappa shape index (κ1) is 47.6. The lowest BCUT2D eigenvalue weighted by atomic mass is 9.73. The maximum atomic E-state index is 14.4. The molecule has 12 heteroatoms. The molecule has 13 unspecified atom stereocenters. The molecule has 3 heterocycles. The smallest absolute Gasteiger partial charge is 0.329 e. The third-order valence-electron chi connectivity index (χ3n) is 13.5. The number of allylic oxidation sites excluding steroid dienone is 4. The van der Waals surface area contributed by atoms with Crippen molar-refractivity contribution in [3.63, 3.8) is 0 Å². The number of esters is 1. The van der Waals surface area contributed by atoms with Gasteiger partial charge in [-0.1, -0.05) is 57.1 Å². The minimum absolute atomic E-state index is 0.0309. The predicted octanol–water partition coefficient (Wildman–Crippen LogP) is 6.21. The van der Waals surface area contributed by atoms with Gasteiger partial charge in [-0.15, -0.1) is 0 Å². The zero-order valence-electron chi connectivity index (χ0n) is 36.8. The first-order valence-electron chi connectivity index (χ1n) is 21.7. The maximum Gasteiger partial charge on any atom is 0.329 e. The van der Waals surface area contributed by atoms with Crippen LogP contribution in [0.1, 0.15) is 126 Å². The first-order valence-corrected chi connectivity index (χ1v) is 21.7. The van der Waals surface area contributed by atoms with Crippen molar-refractivity contribution in [3.05, 3.63) is 34.9 Å². The van der Waals surface area contributed by atoms with Crippen LogP contribution in [0.3, 0.4) is 0 Å². The highest BCUT2D eigenvalue weighted by Gasteiger charge is 2.56. The molecule has 1 aliphatic carbocycles. The highest BCUT2D eigenvalue weighted by molar-refractivity contribution is 6.39. The van der Waals surface area contributed by atoms with E-state index >= 15 is 0 Å². The number of Topliss-reactive ketones (excluding diaryl/α,β-unsaturated/α-hetero) is 3. The molecule has 3 N–H and O–H groups in total. The molecule has 0 aromatic rings. The summed E-state index contributed by atoms with van der Waals surface area (Å²) in [4.78, 5) is 71.7. The van der Waals surface area contributed by atoms with E-state index in [1.165, 1.54) is 4.90 Å². The van der Waals surface area contributed by atoms with Crippen LogP contribution in [0.15, 0.2) is 34.9 Å². The van der Waals surface area contributed by atoms with Crippen LogP contribution in [0.5, 0.6) is 0 Å². The molecule has 0 spiro atoms. The Bertz CT molecular complexity index is 1590. The second-order valence-corrected chi connectivity index (χ2v) is 17.9. The fraction of sp³-hybridized carbons (Fsp3) is 0.761. The van der Waals surface area contributed by atoms with Crippen LogP contribution in [-0.2, 0) is 42.9 Å². The van der Waals surface area contributed by atoms with Crippen LogP contribution >= 0.6 is 0 Å². The number of cyclic esters (lactones) is 1. The number of fused-ring (bicyclic) bond motifs is 3. The number of carbonyl (C=O) groups is 5. The largest absolute Gasteiger partial charge is 0.456 e. The van der Waals surface area contributed by atoms with E-state index in [0.717, 1.165) is 11.1 Å². The molecule has 13 atom stereocenters. The third-order valence-corrected chi connectivity index (χ3v) is 13.5. The first-order chi connectivity index (χ1) is 27.4. The lowest BCUT2D eigenvalue weighted by Crippen LogP contribution is -2.64. The van der Waals surface area contributed by atoms with Gasteiger partial charge in [0, 0.05) is 51.0 Å². The molecule has 3 fully saturated rings. The van der Waals surface area contributed by atoms with Crippen molar-refractivity contribution >= 4 is 29.2 Å². The Morgan fingerprint density at radius 2 is 1.66 bits per heavy atom. The lowest BCUT2D eigenvalue weighted by Gasteiger charge is -2.47. The average molecular weight is 813 g/mol. The molecule has 1 amide bonds. The fourth-order valence-electron chi connectivity index (χ4n) is 9.82. The Morgan fingerprint density at radius 1 is 0.983 bits per heavy atom. The molecule has 2 bridgehead atoms. The normalized spacial score (nSPS) is 39.6. The van der Waals surface area contributed by atoms with Crippen LogP contribution < -0.4 is 5.73 Å². The summed E-state index contributed by atoms with van der Waals surface area (Å²) in [6.45, 7) is 15.5. The van der Waals surface area contributed by atoms with Gasteiger partial charge in [0.25, 0.3) is 11.7 Å². The number of ether oxygens (including phenoxy) is 4. The Labute approximate surface area is 346 Å². The summed E-state index contributed by atoms with van der Waals surface area (Å²) in [5, 5.41) is 12.1. The summed E-state index contributed by atoms with van der Waals surface area (Å²) in [6.07, 6.45) is 8.49. The molecule has 0 radical (unpaired) electrons. The van der Waals surface area contributed by atoms with Crippen molar-refractivity contribution in [2.24, 2.45) is 41.2 Å². The van der Waals surface area contributed by atoms with Gasteiger partial charge >= 0.3 is 5.97 Å². The second kappa shape index (κ2) is 21.0. The van der Waals surface area contributed by atoms with Gasteiger partial charge in [-0.2, -0.15) is 0 Å². The van der Waals surface area contributed by atoms with Crippen molar-refractivity contribution in [1.82, 2.24) is 4.90 Å². The van der Waals surface area contributed by atoms with Crippen LogP contribution in [0.25, 0.3) is 0 Å². The molecule has 3 aliphatic heterocycles. The van der Waals surface area contributed by atoms with Gasteiger partial charge in [-0.05, 0) is 109 Å². The number of ketones is 3. The number of amides is 1. The zero-order valence-corrected chi connectivity index (χ0v) is 36.8. The SMILES string of the molecule is CC=C(C)C1C(=O)C(C=C(C)C2OC(=O)C3CCCCN3C(=O)C(=O)C3(O)OC(C(OC)CC(C)C/C(C)=C/C(CC)C(=O)CCC2C)C(OC)CC3C)CCC1N. The Morgan fingerprint density at radius 3 is 2.29 bits per heavy atom. The van der Waals surface area contributed by atoms with Gasteiger partial charge in [0.15, 0.2) is 0 Å². The molecule has 12 nitrogen and oxygen atoms in total. The van der Waals surface area contributed by atoms with Gasteiger partial charge in [0.2, 0.25) is 5.79 Å². The highest BCUT2D eigenvalue weighted by Crippen LogP contribution is 2.39. The molecular formula is C46H72N2O10. The maximum absolute atomic E-state index is 14.4.